The molecule has 1 N–H and O–H groups in total. The molecule has 0 spiro atoms. The summed E-state index contributed by atoms with van der Waals surface area (Å²) >= 11 is 0. The van der Waals surface area contributed by atoms with Gasteiger partial charge in [0, 0.05) is 30.6 Å². The molecule has 0 atom stereocenters. The van der Waals surface area contributed by atoms with E-state index in [4.69, 9.17) is 9.47 Å². The van der Waals surface area contributed by atoms with E-state index in [0.29, 0.717) is 24.9 Å². The second-order valence-corrected chi connectivity index (χ2v) is 7.90. The summed E-state index contributed by atoms with van der Waals surface area (Å²) in [5.74, 6) is -0.0605. The summed E-state index contributed by atoms with van der Waals surface area (Å²) in [6, 6.07) is 3.59. The second-order valence-electron chi connectivity index (χ2n) is 7.90. The molecule has 7 heteroatoms. The molecular weight excluding hydrogens is 385 g/mol. The first kappa shape index (κ1) is 24.0. The fourth-order valence-electron chi connectivity index (χ4n) is 3.30. The Morgan fingerprint density at radius 3 is 2.57 bits per heavy atom. The van der Waals surface area contributed by atoms with Crippen LogP contribution in [0.25, 0.3) is 0 Å². The van der Waals surface area contributed by atoms with Crippen molar-refractivity contribution in [2.75, 3.05) is 39.9 Å². The normalized spacial score (nSPS) is 17.9. The van der Waals surface area contributed by atoms with Gasteiger partial charge in [-0.1, -0.05) is 25.3 Å². The molecule has 0 unspecified atom stereocenters. The molecule has 6 nitrogen and oxygen atoms in total. The maximum absolute atomic E-state index is 13.0. The minimum Gasteiger partial charge on any atom is -0.477 e. The highest BCUT2D eigenvalue weighted by Gasteiger charge is 2.37. The van der Waals surface area contributed by atoms with Crippen LogP contribution in [-0.4, -0.2) is 61.8 Å². The summed E-state index contributed by atoms with van der Waals surface area (Å²) in [5.41, 5.74) is 0.0421. The van der Waals surface area contributed by atoms with Gasteiger partial charge in [-0.05, 0) is 44.8 Å². The smallest absolute Gasteiger partial charge is 0.306 e. The lowest BCUT2D eigenvalue weighted by molar-refractivity contribution is -0.141. The number of likely N-dealkylation sites (tertiary alicyclic amines) is 1. The third kappa shape index (κ3) is 8.63. The van der Waals surface area contributed by atoms with Gasteiger partial charge < -0.3 is 19.7 Å². The van der Waals surface area contributed by atoms with Crippen molar-refractivity contribution in [1.29, 1.82) is 0 Å². The first-order valence-corrected chi connectivity index (χ1v) is 10.5. The number of methoxy groups -OCH3 is 1. The van der Waals surface area contributed by atoms with Gasteiger partial charge in [-0.2, -0.15) is 0 Å². The van der Waals surface area contributed by atoms with E-state index >= 15 is 0 Å². The van der Waals surface area contributed by atoms with Gasteiger partial charge in [0.05, 0.1) is 26.3 Å². The van der Waals surface area contributed by atoms with Crippen molar-refractivity contribution in [3.8, 4) is 5.88 Å². The number of nitrogens with zero attached hydrogens (tertiary/aromatic N) is 2. The average molecular weight is 420 g/mol. The number of piperidine rings is 1. The van der Waals surface area contributed by atoms with Crippen LogP contribution in [0.15, 0.2) is 43.6 Å². The SMILES string of the molecule is C=CC=C.COC(=O)CCN1CCC(CNC2CC2)(COc2ccc(F)cn2)CC1. The highest BCUT2D eigenvalue weighted by Crippen LogP contribution is 2.33. The van der Waals surface area contributed by atoms with Crippen molar-refractivity contribution in [2.24, 2.45) is 5.41 Å². The van der Waals surface area contributed by atoms with Gasteiger partial charge >= 0.3 is 5.97 Å². The number of carbonyl (C=O) groups is 1. The molecule has 1 aromatic heterocycles. The predicted octanol–water partition coefficient (Wildman–Crippen LogP) is 3.36. The average Bonchev–Trinajstić information content (AvgIpc) is 3.61. The minimum atomic E-state index is -0.360. The van der Waals surface area contributed by atoms with E-state index in [1.165, 1.54) is 32.2 Å². The quantitative estimate of drug-likeness (QED) is 0.464. The van der Waals surface area contributed by atoms with Crippen LogP contribution in [0.5, 0.6) is 5.88 Å². The Kier molecular flexibility index (Phi) is 9.97. The Labute approximate surface area is 179 Å². The Morgan fingerprint density at radius 1 is 1.33 bits per heavy atom. The Hall–Kier alpha value is -2.25. The van der Waals surface area contributed by atoms with E-state index in [1.54, 1.807) is 18.2 Å². The number of hydrogen-bond acceptors (Lipinski definition) is 6. The van der Waals surface area contributed by atoms with E-state index in [2.05, 4.69) is 28.4 Å². The molecule has 1 saturated heterocycles. The molecule has 0 amide bonds. The Bertz CT molecular complexity index is 663. The largest absolute Gasteiger partial charge is 0.477 e. The van der Waals surface area contributed by atoms with Crippen LogP contribution in [0.3, 0.4) is 0 Å². The number of pyridine rings is 1. The second kappa shape index (κ2) is 12.4. The molecule has 1 aromatic rings. The van der Waals surface area contributed by atoms with Crippen LogP contribution < -0.4 is 10.1 Å². The summed E-state index contributed by atoms with van der Waals surface area (Å²) in [4.78, 5) is 17.6. The number of halogens is 1. The molecule has 0 bridgehead atoms. The highest BCUT2D eigenvalue weighted by molar-refractivity contribution is 5.69. The summed E-state index contributed by atoms with van der Waals surface area (Å²) in [7, 11) is 1.42. The third-order valence-electron chi connectivity index (χ3n) is 5.51. The highest BCUT2D eigenvalue weighted by atomic mass is 19.1. The lowest BCUT2D eigenvalue weighted by Crippen LogP contribution is -2.49. The summed E-state index contributed by atoms with van der Waals surface area (Å²) in [5, 5.41) is 3.63. The molecule has 1 saturated carbocycles. The number of aromatic nitrogens is 1. The zero-order chi connectivity index (χ0) is 21.8. The van der Waals surface area contributed by atoms with E-state index in [0.717, 1.165) is 39.0 Å². The van der Waals surface area contributed by atoms with E-state index in [-0.39, 0.29) is 17.2 Å². The van der Waals surface area contributed by atoms with Crippen molar-refractivity contribution in [2.45, 2.75) is 38.1 Å². The fourth-order valence-corrected chi connectivity index (χ4v) is 3.30. The van der Waals surface area contributed by atoms with Crippen LogP contribution in [0, 0.1) is 11.2 Å². The summed E-state index contributed by atoms with van der Waals surface area (Å²) in [6.45, 7) is 10.8. The standard InChI is InChI=1S/C19H28FN3O3.C4H6/c1-25-18(24)6-9-23-10-7-19(8-11-23,13-22-16-3-4-16)14-26-17-5-2-15(20)12-21-17;1-3-4-2/h2,5,12,16,22H,3-4,6-11,13-14H2,1H3;3-4H,1-2H2. The molecule has 0 radical (unpaired) electrons. The van der Waals surface area contributed by atoms with Crippen LogP contribution in [-0.2, 0) is 9.53 Å². The lowest BCUT2D eigenvalue weighted by Gasteiger charge is -2.41. The van der Waals surface area contributed by atoms with Gasteiger partial charge in [0.15, 0.2) is 0 Å². The topological polar surface area (TPSA) is 63.7 Å². The summed E-state index contributed by atoms with van der Waals surface area (Å²) < 4.78 is 23.6. The maximum atomic E-state index is 13.0. The molecule has 1 aliphatic heterocycles. The first-order chi connectivity index (χ1) is 14.5. The van der Waals surface area contributed by atoms with Gasteiger partial charge in [0.1, 0.15) is 5.82 Å². The molecule has 166 valence electrons. The van der Waals surface area contributed by atoms with Gasteiger partial charge in [-0.15, -0.1) is 0 Å². The number of hydrogen-bond donors (Lipinski definition) is 1. The number of nitrogens with one attached hydrogen (secondary N) is 1. The monoisotopic (exact) mass is 419 g/mol. The van der Waals surface area contributed by atoms with Gasteiger partial charge in [0.25, 0.3) is 0 Å². The van der Waals surface area contributed by atoms with Gasteiger partial charge in [-0.25, -0.2) is 9.37 Å². The molecule has 3 rings (SSSR count). The van der Waals surface area contributed by atoms with Crippen molar-refractivity contribution < 1.29 is 18.7 Å². The fraction of sp³-hybridized carbons (Fsp3) is 0.565. The van der Waals surface area contributed by atoms with Crippen LogP contribution in [0.1, 0.15) is 32.1 Å². The van der Waals surface area contributed by atoms with Crippen molar-refractivity contribution in [3.63, 3.8) is 0 Å². The number of carbonyl (C=O) groups excluding carboxylic acids is 1. The van der Waals surface area contributed by atoms with Crippen molar-refractivity contribution >= 4 is 5.97 Å². The Balaban J connectivity index is 0.000000735. The number of allylic oxidation sites excluding steroid dienone is 2. The van der Waals surface area contributed by atoms with Crippen molar-refractivity contribution in [3.05, 3.63) is 49.5 Å². The molecule has 0 aromatic carbocycles. The molecule has 1 aliphatic carbocycles. The third-order valence-corrected chi connectivity index (χ3v) is 5.51. The molecule has 2 heterocycles. The number of esters is 1. The molecular formula is C23H34FN3O3. The maximum Gasteiger partial charge on any atom is 0.306 e. The minimum absolute atomic E-state index is 0.0421. The number of ether oxygens (including phenoxy) is 2. The molecule has 30 heavy (non-hydrogen) atoms. The molecule has 2 aliphatic rings. The zero-order valence-corrected chi connectivity index (χ0v) is 17.9. The first-order valence-electron chi connectivity index (χ1n) is 10.5. The molecule has 2 fully saturated rings. The van der Waals surface area contributed by atoms with Gasteiger partial charge in [-0.3, -0.25) is 4.79 Å². The van der Waals surface area contributed by atoms with E-state index < -0.39 is 0 Å². The van der Waals surface area contributed by atoms with E-state index in [1.807, 2.05) is 0 Å². The number of rotatable bonds is 10. The lowest BCUT2D eigenvalue weighted by atomic mass is 9.78. The van der Waals surface area contributed by atoms with Crippen LogP contribution in [0.2, 0.25) is 0 Å². The van der Waals surface area contributed by atoms with Crippen LogP contribution >= 0.6 is 0 Å². The van der Waals surface area contributed by atoms with Crippen LogP contribution in [0.4, 0.5) is 4.39 Å². The van der Waals surface area contributed by atoms with E-state index in [9.17, 15) is 9.18 Å². The van der Waals surface area contributed by atoms with Crippen molar-refractivity contribution in [1.82, 2.24) is 15.2 Å². The summed E-state index contributed by atoms with van der Waals surface area (Å²) in [6.07, 6.45) is 9.38. The Morgan fingerprint density at radius 2 is 2.03 bits per heavy atom. The van der Waals surface area contributed by atoms with Gasteiger partial charge in [0.2, 0.25) is 5.88 Å². The zero-order valence-electron chi connectivity index (χ0n) is 17.9. The predicted molar refractivity (Wildman–Crippen MR) is 116 cm³/mol.